The van der Waals surface area contributed by atoms with Crippen molar-refractivity contribution < 1.29 is 9.53 Å². The number of carbonyl (C=O) groups is 1. The Morgan fingerprint density at radius 2 is 2.00 bits per heavy atom. The number of nitrogens with one attached hydrogen (secondary N) is 2. The van der Waals surface area contributed by atoms with Crippen molar-refractivity contribution in [2.24, 2.45) is 4.99 Å². The number of amides is 1. The van der Waals surface area contributed by atoms with Crippen molar-refractivity contribution in [3.8, 4) is 0 Å². The number of nitrogens with zero attached hydrogens (tertiary/aromatic N) is 2. The second-order valence-corrected chi connectivity index (χ2v) is 5.93. The molecule has 1 heterocycles. The van der Waals surface area contributed by atoms with E-state index in [1.54, 1.807) is 14.2 Å². The molecular weight excluding hydrogens is 304 g/mol. The van der Waals surface area contributed by atoms with Gasteiger partial charge in [0.25, 0.3) is 0 Å². The highest BCUT2D eigenvalue weighted by molar-refractivity contribution is 5.79. The molecule has 1 saturated heterocycles. The summed E-state index contributed by atoms with van der Waals surface area (Å²) in [6, 6.07) is 8.39. The van der Waals surface area contributed by atoms with Gasteiger partial charge in [-0.05, 0) is 24.0 Å². The Labute approximate surface area is 144 Å². The van der Waals surface area contributed by atoms with Gasteiger partial charge in [0.2, 0.25) is 5.91 Å². The van der Waals surface area contributed by atoms with Crippen molar-refractivity contribution in [2.75, 3.05) is 33.9 Å². The van der Waals surface area contributed by atoms with Crippen LogP contribution in [0.25, 0.3) is 0 Å². The molecule has 6 nitrogen and oxygen atoms in total. The number of hydrogen-bond donors (Lipinski definition) is 2. The number of aliphatic imine (C=N–C) groups is 1. The summed E-state index contributed by atoms with van der Waals surface area (Å²) in [7, 11) is 3.47. The van der Waals surface area contributed by atoms with Crippen LogP contribution in [0.1, 0.15) is 30.4 Å². The largest absolute Gasteiger partial charge is 0.385 e. The molecule has 1 aliphatic rings. The van der Waals surface area contributed by atoms with Crippen molar-refractivity contribution in [3.63, 3.8) is 0 Å². The maximum Gasteiger partial charge on any atom is 0.222 e. The summed E-state index contributed by atoms with van der Waals surface area (Å²) in [6.07, 6.45) is 2.62. The third-order valence-electron chi connectivity index (χ3n) is 4.07. The first kappa shape index (κ1) is 18.3. The van der Waals surface area contributed by atoms with E-state index in [0.29, 0.717) is 13.0 Å². The van der Waals surface area contributed by atoms with E-state index < -0.39 is 0 Å². The lowest BCUT2D eigenvalue weighted by atomic mass is 10.1. The topological polar surface area (TPSA) is 66.0 Å². The Hall–Kier alpha value is -2.08. The minimum atomic E-state index is 0.268. The Balaban J connectivity index is 1.75. The Kier molecular flexibility index (Phi) is 7.55. The number of benzene rings is 1. The fourth-order valence-corrected chi connectivity index (χ4v) is 2.68. The SMILES string of the molecule is CN=C(NCCCOC)NCc1ccc(CN2CCCC2=O)cc1. The molecular formula is C18H28N4O2. The zero-order valence-electron chi connectivity index (χ0n) is 14.7. The monoisotopic (exact) mass is 332 g/mol. The normalized spacial score (nSPS) is 15.0. The summed E-state index contributed by atoms with van der Waals surface area (Å²) in [5, 5.41) is 6.55. The average Bonchev–Trinajstić information content (AvgIpc) is 3.00. The van der Waals surface area contributed by atoms with E-state index in [1.807, 2.05) is 4.90 Å². The highest BCUT2D eigenvalue weighted by Crippen LogP contribution is 2.14. The van der Waals surface area contributed by atoms with Gasteiger partial charge < -0.3 is 20.3 Å². The molecule has 0 saturated carbocycles. The molecule has 2 rings (SSSR count). The molecule has 132 valence electrons. The molecule has 24 heavy (non-hydrogen) atoms. The van der Waals surface area contributed by atoms with Gasteiger partial charge in [0.1, 0.15) is 0 Å². The Morgan fingerprint density at radius 3 is 2.62 bits per heavy atom. The fraction of sp³-hybridized carbons (Fsp3) is 0.556. The minimum Gasteiger partial charge on any atom is -0.385 e. The van der Waals surface area contributed by atoms with Gasteiger partial charge in [-0.15, -0.1) is 0 Å². The average molecular weight is 332 g/mol. The molecule has 1 aromatic carbocycles. The number of carbonyl (C=O) groups excluding carboxylic acids is 1. The first-order valence-electron chi connectivity index (χ1n) is 8.52. The molecule has 0 radical (unpaired) electrons. The molecule has 1 fully saturated rings. The predicted molar refractivity (Wildman–Crippen MR) is 95.8 cm³/mol. The second-order valence-electron chi connectivity index (χ2n) is 5.93. The third kappa shape index (κ3) is 5.85. The number of methoxy groups -OCH3 is 1. The van der Waals surface area contributed by atoms with Gasteiger partial charge in [-0.3, -0.25) is 9.79 Å². The summed E-state index contributed by atoms with van der Waals surface area (Å²) in [4.78, 5) is 17.8. The van der Waals surface area contributed by atoms with Crippen LogP contribution in [0.4, 0.5) is 0 Å². The van der Waals surface area contributed by atoms with Gasteiger partial charge in [-0.2, -0.15) is 0 Å². The van der Waals surface area contributed by atoms with Crippen molar-refractivity contribution >= 4 is 11.9 Å². The van der Waals surface area contributed by atoms with Crippen LogP contribution in [0.5, 0.6) is 0 Å². The molecule has 2 N–H and O–H groups in total. The van der Waals surface area contributed by atoms with Gasteiger partial charge in [0, 0.05) is 53.4 Å². The van der Waals surface area contributed by atoms with Gasteiger partial charge in [0.15, 0.2) is 5.96 Å². The number of ether oxygens (including phenoxy) is 1. The van der Waals surface area contributed by atoms with E-state index in [9.17, 15) is 4.79 Å². The van der Waals surface area contributed by atoms with Gasteiger partial charge in [0.05, 0.1) is 0 Å². The van der Waals surface area contributed by atoms with Crippen LogP contribution in [0.15, 0.2) is 29.3 Å². The van der Waals surface area contributed by atoms with Crippen LogP contribution in [0.2, 0.25) is 0 Å². The second kappa shape index (κ2) is 9.93. The number of rotatable bonds is 8. The van der Waals surface area contributed by atoms with E-state index in [2.05, 4.69) is 39.9 Å². The van der Waals surface area contributed by atoms with Gasteiger partial charge in [-0.25, -0.2) is 0 Å². The van der Waals surface area contributed by atoms with E-state index >= 15 is 0 Å². The molecule has 0 atom stereocenters. The lowest BCUT2D eigenvalue weighted by Gasteiger charge is -2.16. The summed E-state index contributed by atoms with van der Waals surface area (Å²) in [5.74, 6) is 1.06. The molecule has 1 amide bonds. The molecule has 0 aromatic heterocycles. The fourth-order valence-electron chi connectivity index (χ4n) is 2.68. The molecule has 0 bridgehead atoms. The highest BCUT2D eigenvalue weighted by atomic mass is 16.5. The lowest BCUT2D eigenvalue weighted by molar-refractivity contribution is -0.128. The molecule has 0 unspecified atom stereocenters. The summed E-state index contributed by atoms with van der Waals surface area (Å²) < 4.78 is 5.03. The first-order valence-corrected chi connectivity index (χ1v) is 8.52. The quantitative estimate of drug-likeness (QED) is 0.430. The van der Waals surface area contributed by atoms with Crippen LogP contribution in [0.3, 0.4) is 0 Å². The van der Waals surface area contributed by atoms with Gasteiger partial charge in [-0.1, -0.05) is 24.3 Å². The summed E-state index contributed by atoms with van der Waals surface area (Å²) >= 11 is 0. The lowest BCUT2D eigenvalue weighted by Crippen LogP contribution is -2.37. The minimum absolute atomic E-state index is 0.268. The number of guanidine groups is 1. The van der Waals surface area contributed by atoms with E-state index in [0.717, 1.165) is 45.0 Å². The predicted octanol–water partition coefficient (Wildman–Crippen LogP) is 1.51. The summed E-state index contributed by atoms with van der Waals surface area (Å²) in [6.45, 7) is 3.89. The zero-order chi connectivity index (χ0) is 17.2. The smallest absolute Gasteiger partial charge is 0.222 e. The molecule has 1 aliphatic heterocycles. The van der Waals surface area contributed by atoms with E-state index in [-0.39, 0.29) is 5.91 Å². The zero-order valence-corrected chi connectivity index (χ0v) is 14.7. The molecule has 6 heteroatoms. The summed E-state index contributed by atoms with van der Waals surface area (Å²) in [5.41, 5.74) is 2.36. The van der Waals surface area contributed by atoms with Crippen LogP contribution >= 0.6 is 0 Å². The maximum atomic E-state index is 11.7. The van der Waals surface area contributed by atoms with Crippen molar-refractivity contribution in [1.29, 1.82) is 0 Å². The van der Waals surface area contributed by atoms with Crippen LogP contribution in [0, 0.1) is 0 Å². The molecule has 0 aliphatic carbocycles. The number of likely N-dealkylation sites (tertiary alicyclic amines) is 1. The van der Waals surface area contributed by atoms with Gasteiger partial charge >= 0.3 is 0 Å². The van der Waals surface area contributed by atoms with E-state index in [4.69, 9.17) is 4.74 Å². The van der Waals surface area contributed by atoms with Crippen molar-refractivity contribution in [3.05, 3.63) is 35.4 Å². The highest BCUT2D eigenvalue weighted by Gasteiger charge is 2.19. The Morgan fingerprint density at radius 1 is 1.25 bits per heavy atom. The Bertz CT molecular complexity index is 542. The maximum absolute atomic E-state index is 11.7. The standard InChI is InChI=1S/C18H28N4O2/c1-19-18(20-10-4-12-24-2)21-13-15-6-8-16(9-7-15)14-22-11-3-5-17(22)23/h6-9H,3-5,10-14H2,1-2H3,(H2,19,20,21). The molecule has 0 spiro atoms. The number of hydrogen-bond acceptors (Lipinski definition) is 3. The van der Waals surface area contributed by atoms with E-state index in [1.165, 1.54) is 11.1 Å². The van der Waals surface area contributed by atoms with Crippen LogP contribution in [-0.4, -0.2) is 50.6 Å². The third-order valence-corrected chi connectivity index (χ3v) is 4.07. The van der Waals surface area contributed by atoms with Crippen molar-refractivity contribution in [2.45, 2.75) is 32.4 Å². The van der Waals surface area contributed by atoms with Crippen molar-refractivity contribution in [1.82, 2.24) is 15.5 Å². The first-order chi connectivity index (χ1) is 11.7. The molecule has 1 aromatic rings. The van der Waals surface area contributed by atoms with Crippen LogP contribution in [-0.2, 0) is 22.6 Å². The van der Waals surface area contributed by atoms with Crippen LogP contribution < -0.4 is 10.6 Å².